The molecule has 0 aliphatic carbocycles. The fraction of sp³-hybridized carbons (Fsp3) is 0.118. The van der Waals surface area contributed by atoms with Gasteiger partial charge in [-0.25, -0.2) is 0 Å². The first kappa shape index (κ1) is 11.3. The van der Waals surface area contributed by atoms with Crippen LogP contribution < -0.4 is 10.1 Å². The van der Waals surface area contributed by atoms with Gasteiger partial charge in [-0.05, 0) is 35.4 Å². The van der Waals surface area contributed by atoms with Crippen LogP contribution in [0.5, 0.6) is 5.75 Å². The summed E-state index contributed by atoms with van der Waals surface area (Å²) in [4.78, 5) is 12.1. The third-order valence-electron chi connectivity index (χ3n) is 3.73. The van der Waals surface area contributed by atoms with Crippen molar-refractivity contribution in [2.45, 2.75) is 6.42 Å². The molecule has 20 heavy (non-hydrogen) atoms. The number of hydrogen-bond donors (Lipinski definition) is 1. The van der Waals surface area contributed by atoms with Crippen LogP contribution in [0.15, 0.2) is 42.5 Å². The number of carbonyl (C=O) groups excluding carboxylic acids is 1. The van der Waals surface area contributed by atoms with Gasteiger partial charge < -0.3 is 10.1 Å². The van der Waals surface area contributed by atoms with Crippen LogP contribution >= 0.6 is 0 Å². The standard InChI is InChI=1S/C17H13NO2/c19-17-14(13-3-1-2-4-15(13)18-17)10-11-5-6-16-12(9-11)7-8-20-16/h1-6,9-10H,7-8H2,(H,18,19)/b14-10+. The highest BCUT2D eigenvalue weighted by molar-refractivity contribution is 6.34. The molecule has 3 heteroatoms. The third-order valence-corrected chi connectivity index (χ3v) is 3.73. The molecule has 0 saturated heterocycles. The number of amides is 1. The second kappa shape index (κ2) is 4.23. The number of para-hydroxylation sites is 1. The molecule has 0 aromatic heterocycles. The van der Waals surface area contributed by atoms with E-state index >= 15 is 0 Å². The molecule has 1 amide bonds. The number of anilines is 1. The van der Waals surface area contributed by atoms with Crippen LogP contribution in [0, 0.1) is 0 Å². The summed E-state index contributed by atoms with van der Waals surface area (Å²) in [6, 6.07) is 13.8. The molecule has 2 heterocycles. The molecule has 0 spiro atoms. The fourth-order valence-electron chi connectivity index (χ4n) is 2.75. The van der Waals surface area contributed by atoms with Crippen molar-refractivity contribution in [3.8, 4) is 5.75 Å². The maximum atomic E-state index is 12.1. The van der Waals surface area contributed by atoms with E-state index in [0.29, 0.717) is 0 Å². The molecule has 4 rings (SSSR count). The van der Waals surface area contributed by atoms with E-state index < -0.39 is 0 Å². The van der Waals surface area contributed by atoms with Crippen molar-refractivity contribution in [3.05, 3.63) is 59.2 Å². The van der Waals surface area contributed by atoms with Gasteiger partial charge in [0, 0.05) is 23.2 Å². The highest BCUT2D eigenvalue weighted by Crippen LogP contribution is 2.33. The Bertz CT molecular complexity index is 746. The molecule has 98 valence electrons. The second-order valence-electron chi connectivity index (χ2n) is 5.02. The molecule has 0 radical (unpaired) electrons. The molecule has 2 aromatic carbocycles. The first-order chi connectivity index (χ1) is 9.81. The number of rotatable bonds is 1. The van der Waals surface area contributed by atoms with Crippen molar-refractivity contribution in [2.24, 2.45) is 0 Å². The van der Waals surface area contributed by atoms with Crippen LogP contribution in [0.25, 0.3) is 11.6 Å². The smallest absolute Gasteiger partial charge is 0.256 e. The van der Waals surface area contributed by atoms with Gasteiger partial charge in [-0.2, -0.15) is 0 Å². The molecule has 3 nitrogen and oxygen atoms in total. The lowest BCUT2D eigenvalue weighted by Gasteiger charge is -2.01. The molecule has 2 aliphatic heterocycles. The minimum atomic E-state index is -0.0389. The van der Waals surface area contributed by atoms with Crippen LogP contribution in [0.2, 0.25) is 0 Å². The Hall–Kier alpha value is -2.55. The summed E-state index contributed by atoms with van der Waals surface area (Å²) in [7, 11) is 0. The molecule has 0 saturated carbocycles. The van der Waals surface area contributed by atoms with Crippen molar-refractivity contribution < 1.29 is 9.53 Å². The maximum Gasteiger partial charge on any atom is 0.256 e. The molecule has 0 fully saturated rings. The lowest BCUT2D eigenvalue weighted by molar-refractivity contribution is -0.110. The predicted octanol–water partition coefficient (Wildman–Crippen LogP) is 3.11. The van der Waals surface area contributed by atoms with Crippen molar-refractivity contribution in [1.29, 1.82) is 0 Å². The van der Waals surface area contributed by atoms with E-state index in [-0.39, 0.29) is 5.91 Å². The normalized spacial score (nSPS) is 17.6. The average molecular weight is 263 g/mol. The second-order valence-corrected chi connectivity index (χ2v) is 5.02. The molecule has 1 N–H and O–H groups in total. The molecule has 2 aromatic rings. The van der Waals surface area contributed by atoms with Gasteiger partial charge in [0.25, 0.3) is 5.91 Å². The summed E-state index contributed by atoms with van der Waals surface area (Å²) in [5.74, 6) is 0.923. The van der Waals surface area contributed by atoms with Gasteiger partial charge in [-0.3, -0.25) is 4.79 Å². The molecule has 2 aliphatic rings. The van der Waals surface area contributed by atoms with Gasteiger partial charge in [0.15, 0.2) is 0 Å². The summed E-state index contributed by atoms with van der Waals surface area (Å²) in [6.45, 7) is 0.749. The van der Waals surface area contributed by atoms with E-state index in [2.05, 4.69) is 11.4 Å². The molecule has 0 unspecified atom stereocenters. The molecular formula is C17H13NO2. The highest BCUT2D eigenvalue weighted by Gasteiger charge is 2.23. The zero-order valence-electron chi connectivity index (χ0n) is 10.8. The number of hydrogen-bond acceptors (Lipinski definition) is 2. The van der Waals surface area contributed by atoms with E-state index in [0.717, 1.165) is 41.2 Å². The van der Waals surface area contributed by atoms with E-state index in [1.807, 2.05) is 42.5 Å². The topological polar surface area (TPSA) is 38.3 Å². The molecular weight excluding hydrogens is 250 g/mol. The minimum Gasteiger partial charge on any atom is -0.493 e. The van der Waals surface area contributed by atoms with Gasteiger partial charge in [-0.15, -0.1) is 0 Å². The SMILES string of the molecule is O=C1Nc2ccccc2/C1=C\c1ccc2c(c1)CCO2. The summed E-state index contributed by atoms with van der Waals surface area (Å²) in [5, 5.41) is 2.89. The zero-order valence-corrected chi connectivity index (χ0v) is 10.8. The Morgan fingerprint density at radius 2 is 2.05 bits per heavy atom. The number of ether oxygens (including phenoxy) is 1. The number of fused-ring (bicyclic) bond motifs is 2. The molecule has 0 bridgehead atoms. The van der Waals surface area contributed by atoms with E-state index in [9.17, 15) is 4.79 Å². The number of benzene rings is 2. The summed E-state index contributed by atoms with van der Waals surface area (Å²) >= 11 is 0. The lowest BCUT2D eigenvalue weighted by Crippen LogP contribution is -2.03. The van der Waals surface area contributed by atoms with Crippen molar-refractivity contribution >= 4 is 23.2 Å². The van der Waals surface area contributed by atoms with Crippen LogP contribution in [0.1, 0.15) is 16.7 Å². The van der Waals surface area contributed by atoms with Crippen LogP contribution in [0.3, 0.4) is 0 Å². The van der Waals surface area contributed by atoms with Crippen LogP contribution in [-0.4, -0.2) is 12.5 Å². The van der Waals surface area contributed by atoms with E-state index in [4.69, 9.17) is 4.74 Å². The first-order valence-corrected chi connectivity index (χ1v) is 6.69. The number of nitrogens with one attached hydrogen (secondary N) is 1. The van der Waals surface area contributed by atoms with Crippen LogP contribution in [0.4, 0.5) is 5.69 Å². The Morgan fingerprint density at radius 1 is 1.15 bits per heavy atom. The summed E-state index contributed by atoms with van der Waals surface area (Å²) in [5.41, 5.74) is 4.82. The quantitative estimate of drug-likeness (QED) is 0.803. The Balaban J connectivity index is 1.79. The lowest BCUT2D eigenvalue weighted by atomic mass is 10.0. The summed E-state index contributed by atoms with van der Waals surface area (Å²) in [6.07, 6.45) is 2.88. The third kappa shape index (κ3) is 1.71. The van der Waals surface area contributed by atoms with Gasteiger partial charge in [0.1, 0.15) is 5.75 Å². The largest absolute Gasteiger partial charge is 0.493 e. The maximum absolute atomic E-state index is 12.1. The zero-order chi connectivity index (χ0) is 13.5. The van der Waals surface area contributed by atoms with Crippen molar-refractivity contribution in [2.75, 3.05) is 11.9 Å². The Kier molecular flexibility index (Phi) is 2.39. The van der Waals surface area contributed by atoms with Crippen molar-refractivity contribution in [1.82, 2.24) is 0 Å². The van der Waals surface area contributed by atoms with E-state index in [1.165, 1.54) is 5.56 Å². The predicted molar refractivity (Wildman–Crippen MR) is 78.6 cm³/mol. The highest BCUT2D eigenvalue weighted by atomic mass is 16.5. The molecule has 0 atom stereocenters. The average Bonchev–Trinajstić information content (AvgIpc) is 3.04. The minimum absolute atomic E-state index is 0.0389. The monoisotopic (exact) mass is 263 g/mol. The van der Waals surface area contributed by atoms with Crippen LogP contribution in [-0.2, 0) is 11.2 Å². The Morgan fingerprint density at radius 3 is 3.00 bits per heavy atom. The van der Waals surface area contributed by atoms with Gasteiger partial charge >= 0.3 is 0 Å². The Labute approximate surface area is 116 Å². The van der Waals surface area contributed by atoms with Gasteiger partial charge in [0.05, 0.1) is 6.61 Å². The fourth-order valence-corrected chi connectivity index (χ4v) is 2.75. The van der Waals surface area contributed by atoms with Gasteiger partial charge in [-0.1, -0.05) is 24.3 Å². The summed E-state index contributed by atoms with van der Waals surface area (Å²) < 4.78 is 5.50. The number of carbonyl (C=O) groups is 1. The first-order valence-electron chi connectivity index (χ1n) is 6.69. The van der Waals surface area contributed by atoms with Crippen molar-refractivity contribution in [3.63, 3.8) is 0 Å². The van der Waals surface area contributed by atoms with Gasteiger partial charge in [0.2, 0.25) is 0 Å². The van der Waals surface area contributed by atoms with E-state index in [1.54, 1.807) is 0 Å².